The maximum Gasteiger partial charge on any atom is 0.419 e. The molecule has 1 aromatic carbocycles. The smallest absolute Gasteiger partial charge is 0.396 e. The first kappa shape index (κ1) is 18.2. The lowest BCUT2D eigenvalue weighted by molar-refractivity contribution is -0.144. The van der Waals surface area contributed by atoms with Crippen LogP contribution in [0.2, 0.25) is 0 Å². The van der Waals surface area contributed by atoms with Crippen molar-refractivity contribution in [2.45, 2.75) is 19.0 Å². The van der Waals surface area contributed by atoms with Crippen LogP contribution in [0.15, 0.2) is 18.2 Å². The Bertz CT molecular complexity index is 634. The van der Waals surface area contributed by atoms with Crippen molar-refractivity contribution in [3.63, 3.8) is 0 Å². The van der Waals surface area contributed by atoms with Crippen molar-refractivity contribution in [1.29, 1.82) is 0 Å². The zero-order valence-electron chi connectivity index (χ0n) is 12.6. The number of carbonyl (C=O) groups is 2. The van der Waals surface area contributed by atoms with E-state index in [9.17, 15) is 27.2 Å². The van der Waals surface area contributed by atoms with Gasteiger partial charge in [-0.3, -0.25) is 9.59 Å². The number of carbonyl (C=O) groups excluding carboxylic acids is 2. The number of nitrogens with one attached hydrogen (secondary N) is 1. The molecule has 2 rings (SSSR count). The fourth-order valence-electron chi connectivity index (χ4n) is 2.55. The van der Waals surface area contributed by atoms with Crippen LogP contribution in [0.3, 0.4) is 0 Å². The predicted octanol–water partition coefficient (Wildman–Crippen LogP) is 2.01. The SMILES string of the molecule is O=C(Nc1ccc(F)c(C(F)(F)F)c1)C(=O)N1CCCC(CO)C1. The number of piperidine rings is 1. The van der Waals surface area contributed by atoms with Gasteiger partial charge < -0.3 is 15.3 Å². The molecule has 0 radical (unpaired) electrons. The second-order valence-electron chi connectivity index (χ2n) is 5.59. The molecule has 1 saturated heterocycles. The summed E-state index contributed by atoms with van der Waals surface area (Å²) in [7, 11) is 0. The van der Waals surface area contributed by atoms with Gasteiger partial charge in [-0.2, -0.15) is 13.2 Å². The largest absolute Gasteiger partial charge is 0.419 e. The Morgan fingerprint density at radius 2 is 2.04 bits per heavy atom. The standard InChI is InChI=1S/C15H16F4N2O3/c16-12-4-3-10(6-11(12)15(17,18)19)20-13(23)14(24)21-5-1-2-9(7-21)8-22/h3-4,6,9,22H,1-2,5,7-8H2,(H,20,23). The van der Waals surface area contributed by atoms with Gasteiger partial charge in [0.1, 0.15) is 5.82 Å². The second-order valence-corrected chi connectivity index (χ2v) is 5.59. The molecule has 1 unspecified atom stereocenters. The van der Waals surface area contributed by atoms with Gasteiger partial charge in [0.25, 0.3) is 0 Å². The fourth-order valence-corrected chi connectivity index (χ4v) is 2.55. The van der Waals surface area contributed by atoms with E-state index in [1.54, 1.807) is 0 Å². The summed E-state index contributed by atoms with van der Waals surface area (Å²) in [6.45, 7) is 0.429. The molecule has 1 atom stereocenters. The molecule has 1 aliphatic heterocycles. The van der Waals surface area contributed by atoms with Crippen LogP contribution in [-0.2, 0) is 15.8 Å². The Labute approximate surface area is 135 Å². The predicted molar refractivity (Wildman–Crippen MR) is 76.4 cm³/mol. The van der Waals surface area contributed by atoms with Crippen LogP contribution in [0.25, 0.3) is 0 Å². The molecular formula is C15H16F4N2O3. The van der Waals surface area contributed by atoms with E-state index in [0.29, 0.717) is 25.1 Å². The molecule has 1 heterocycles. The second kappa shape index (κ2) is 7.16. The number of amides is 2. The zero-order chi connectivity index (χ0) is 17.9. The van der Waals surface area contributed by atoms with E-state index < -0.39 is 29.4 Å². The van der Waals surface area contributed by atoms with Crippen LogP contribution in [0.4, 0.5) is 23.2 Å². The summed E-state index contributed by atoms with van der Waals surface area (Å²) in [5.41, 5.74) is -1.84. The van der Waals surface area contributed by atoms with Gasteiger partial charge in [-0.1, -0.05) is 0 Å². The zero-order valence-corrected chi connectivity index (χ0v) is 12.6. The van der Waals surface area contributed by atoms with Gasteiger partial charge in [0.15, 0.2) is 0 Å². The Balaban J connectivity index is 2.08. The van der Waals surface area contributed by atoms with E-state index in [2.05, 4.69) is 5.32 Å². The van der Waals surface area contributed by atoms with E-state index >= 15 is 0 Å². The highest BCUT2D eigenvalue weighted by atomic mass is 19.4. The van der Waals surface area contributed by atoms with Crippen molar-refractivity contribution >= 4 is 17.5 Å². The third-order valence-corrected chi connectivity index (χ3v) is 3.79. The quantitative estimate of drug-likeness (QED) is 0.635. The number of alkyl halides is 3. The number of hydrogen-bond acceptors (Lipinski definition) is 3. The summed E-state index contributed by atoms with van der Waals surface area (Å²) in [6.07, 6.45) is -3.55. The van der Waals surface area contributed by atoms with Crippen LogP contribution in [0.1, 0.15) is 18.4 Å². The molecule has 0 bridgehead atoms. The maximum atomic E-state index is 13.2. The summed E-state index contributed by atoms with van der Waals surface area (Å²) in [6, 6.07) is 1.96. The fraction of sp³-hybridized carbons (Fsp3) is 0.467. The minimum atomic E-state index is -4.91. The van der Waals surface area contributed by atoms with Crippen molar-refractivity contribution in [2.75, 3.05) is 25.0 Å². The van der Waals surface area contributed by atoms with Crippen molar-refractivity contribution in [3.05, 3.63) is 29.6 Å². The normalized spacial score (nSPS) is 18.4. The third kappa shape index (κ3) is 4.22. The average Bonchev–Trinajstić information content (AvgIpc) is 2.54. The highest BCUT2D eigenvalue weighted by molar-refractivity contribution is 6.39. The number of halogens is 4. The van der Waals surface area contributed by atoms with Gasteiger partial charge in [0, 0.05) is 25.4 Å². The number of likely N-dealkylation sites (tertiary alicyclic amines) is 1. The van der Waals surface area contributed by atoms with E-state index in [4.69, 9.17) is 5.11 Å². The molecule has 1 aromatic rings. The van der Waals surface area contributed by atoms with Gasteiger partial charge in [0.05, 0.1) is 5.56 Å². The monoisotopic (exact) mass is 348 g/mol. The lowest BCUT2D eigenvalue weighted by Gasteiger charge is -2.31. The molecule has 5 nitrogen and oxygen atoms in total. The number of aliphatic hydroxyl groups is 1. The lowest BCUT2D eigenvalue weighted by atomic mass is 9.99. The Morgan fingerprint density at radius 1 is 1.33 bits per heavy atom. The van der Waals surface area contributed by atoms with Gasteiger partial charge in [0.2, 0.25) is 0 Å². The summed E-state index contributed by atoms with van der Waals surface area (Å²) in [5.74, 6) is -3.59. The first-order valence-electron chi connectivity index (χ1n) is 7.30. The molecule has 2 amide bonds. The number of aliphatic hydroxyl groups excluding tert-OH is 1. The molecule has 0 saturated carbocycles. The molecule has 9 heteroatoms. The molecule has 1 fully saturated rings. The van der Waals surface area contributed by atoms with E-state index in [1.807, 2.05) is 0 Å². The van der Waals surface area contributed by atoms with Crippen molar-refractivity contribution in [3.8, 4) is 0 Å². The number of rotatable bonds is 2. The molecule has 132 valence electrons. The third-order valence-electron chi connectivity index (χ3n) is 3.79. The van der Waals surface area contributed by atoms with E-state index in [1.165, 1.54) is 4.90 Å². The van der Waals surface area contributed by atoms with Crippen LogP contribution in [-0.4, -0.2) is 41.5 Å². The van der Waals surface area contributed by atoms with Crippen LogP contribution in [0, 0.1) is 11.7 Å². The average molecular weight is 348 g/mol. The van der Waals surface area contributed by atoms with Crippen molar-refractivity contribution in [1.82, 2.24) is 4.90 Å². The molecule has 0 aliphatic carbocycles. The first-order chi connectivity index (χ1) is 11.2. The number of anilines is 1. The highest BCUT2D eigenvalue weighted by Gasteiger charge is 2.34. The van der Waals surface area contributed by atoms with Gasteiger partial charge in [-0.25, -0.2) is 4.39 Å². The first-order valence-corrected chi connectivity index (χ1v) is 7.30. The topological polar surface area (TPSA) is 69.6 Å². The highest BCUT2D eigenvalue weighted by Crippen LogP contribution is 2.33. The Kier molecular flexibility index (Phi) is 5.43. The Hall–Kier alpha value is -2.16. The van der Waals surface area contributed by atoms with Gasteiger partial charge in [-0.15, -0.1) is 0 Å². The molecular weight excluding hydrogens is 332 g/mol. The Morgan fingerprint density at radius 3 is 2.67 bits per heavy atom. The van der Waals surface area contributed by atoms with E-state index in [0.717, 1.165) is 12.5 Å². The minimum Gasteiger partial charge on any atom is -0.396 e. The molecule has 1 aliphatic rings. The minimum absolute atomic E-state index is 0.113. The van der Waals surface area contributed by atoms with Crippen molar-refractivity contribution in [2.24, 2.45) is 5.92 Å². The lowest BCUT2D eigenvalue weighted by Crippen LogP contribution is -2.45. The van der Waals surface area contributed by atoms with E-state index in [-0.39, 0.29) is 24.8 Å². The summed E-state index contributed by atoms with van der Waals surface area (Å²) < 4.78 is 51.1. The number of hydrogen-bond donors (Lipinski definition) is 2. The molecule has 0 spiro atoms. The molecule has 24 heavy (non-hydrogen) atoms. The van der Waals surface area contributed by atoms with Crippen LogP contribution < -0.4 is 5.32 Å². The van der Waals surface area contributed by atoms with Crippen LogP contribution in [0.5, 0.6) is 0 Å². The van der Waals surface area contributed by atoms with Gasteiger partial charge >= 0.3 is 18.0 Å². The van der Waals surface area contributed by atoms with Crippen molar-refractivity contribution < 1.29 is 32.3 Å². The molecule has 2 N–H and O–H groups in total. The maximum absolute atomic E-state index is 13.2. The summed E-state index contributed by atoms with van der Waals surface area (Å²) in [5, 5.41) is 11.2. The number of nitrogens with zero attached hydrogens (tertiary/aromatic N) is 1. The van der Waals surface area contributed by atoms with Gasteiger partial charge in [-0.05, 0) is 37.0 Å². The molecule has 0 aromatic heterocycles. The summed E-state index contributed by atoms with van der Waals surface area (Å²) in [4.78, 5) is 25.2. The van der Waals surface area contributed by atoms with Crippen LogP contribution >= 0.6 is 0 Å². The summed E-state index contributed by atoms with van der Waals surface area (Å²) >= 11 is 0. The number of benzene rings is 1.